The van der Waals surface area contributed by atoms with Gasteiger partial charge in [-0.2, -0.15) is 0 Å². The summed E-state index contributed by atoms with van der Waals surface area (Å²) in [4.78, 5) is 34.7. The fourth-order valence-electron chi connectivity index (χ4n) is 7.25. The van der Waals surface area contributed by atoms with E-state index < -0.39 is 23.3 Å². The minimum Gasteiger partial charge on any atom is -0.481 e. The lowest BCUT2D eigenvalue weighted by atomic mass is 9.86. The average Bonchev–Trinajstić information content (AvgIpc) is 3.32. The van der Waals surface area contributed by atoms with Gasteiger partial charge < -0.3 is 30.5 Å². The van der Waals surface area contributed by atoms with E-state index in [4.69, 9.17) is 0 Å². The van der Waals surface area contributed by atoms with Crippen LogP contribution in [0.1, 0.15) is 82.8 Å². The highest BCUT2D eigenvalue weighted by Gasteiger charge is 2.67. The third kappa shape index (κ3) is 4.11. The van der Waals surface area contributed by atoms with Gasteiger partial charge in [0.2, 0.25) is 0 Å². The van der Waals surface area contributed by atoms with Gasteiger partial charge in [-0.25, -0.2) is 0 Å². The quantitative estimate of drug-likeness (QED) is 0.261. The van der Waals surface area contributed by atoms with Crippen molar-refractivity contribution in [3.05, 3.63) is 84.8 Å². The van der Waals surface area contributed by atoms with Gasteiger partial charge in [-0.15, -0.1) is 0 Å². The number of carboxylic acids is 2. The van der Waals surface area contributed by atoms with Crippen molar-refractivity contribution in [3.63, 3.8) is 0 Å². The van der Waals surface area contributed by atoms with Gasteiger partial charge in [-0.1, -0.05) is 26.5 Å². The summed E-state index contributed by atoms with van der Waals surface area (Å²) in [5, 5.41) is 25.1. The molecule has 0 radical (unpaired) electrons. The highest BCUT2D eigenvalue weighted by molar-refractivity contribution is 5.80. The molecule has 0 aromatic carbocycles. The van der Waals surface area contributed by atoms with E-state index in [0.29, 0.717) is 12.8 Å². The summed E-state index contributed by atoms with van der Waals surface area (Å²) < 4.78 is 0. The van der Waals surface area contributed by atoms with E-state index in [2.05, 4.69) is 72.8 Å². The van der Waals surface area contributed by atoms with Gasteiger partial charge >= 0.3 is 11.9 Å². The van der Waals surface area contributed by atoms with Gasteiger partial charge in [0.15, 0.2) is 0 Å². The number of aromatic nitrogens is 3. The Morgan fingerprint density at radius 2 is 1.57 bits per heavy atom. The Kier molecular flexibility index (Phi) is 6.48. The first kappa shape index (κ1) is 27.7. The molecular weight excluding hydrogens is 528 g/mol. The highest BCUT2D eigenvalue weighted by Crippen LogP contribution is 2.67. The van der Waals surface area contributed by atoms with Crippen molar-refractivity contribution in [2.24, 2.45) is 17.3 Å². The van der Waals surface area contributed by atoms with Crippen LogP contribution in [-0.4, -0.2) is 37.1 Å². The summed E-state index contributed by atoms with van der Waals surface area (Å²) in [7, 11) is 0. The number of carboxylic acid groups (broad SMARTS) is 2. The molecule has 3 aliphatic rings. The molecular formula is C34H38N4O4. The zero-order valence-electron chi connectivity index (χ0n) is 24.8. The SMILES string of the molecule is C=Cc1c(C)/c2[nH]/c1=C\c1[nH]c(c(CC)c1C)/C=C1\N/C(=C\c3[nH]c(c(C)c3CCC(=O)O)\C=2)[C@]2(C[C@H]2C(=O)O)C1C. The summed E-state index contributed by atoms with van der Waals surface area (Å²) in [6.45, 7) is 14.5. The molecule has 0 amide bonds. The number of hydrogen-bond donors (Lipinski definition) is 6. The first-order valence-corrected chi connectivity index (χ1v) is 14.6. The van der Waals surface area contributed by atoms with Crippen LogP contribution in [0, 0.1) is 38.0 Å². The molecule has 8 heteroatoms. The molecule has 218 valence electrons. The number of hydrogen-bond acceptors (Lipinski definition) is 3. The maximum atomic E-state index is 12.3. The molecule has 3 aromatic heterocycles. The fraction of sp³-hybridized carbons (Fsp3) is 0.353. The van der Waals surface area contributed by atoms with Crippen LogP contribution in [0.15, 0.2) is 18.0 Å². The smallest absolute Gasteiger partial charge is 0.307 e. The first-order valence-electron chi connectivity index (χ1n) is 14.6. The maximum Gasteiger partial charge on any atom is 0.307 e. The highest BCUT2D eigenvalue weighted by atomic mass is 16.4. The zero-order valence-corrected chi connectivity index (χ0v) is 24.8. The van der Waals surface area contributed by atoms with E-state index in [0.717, 1.165) is 73.5 Å². The van der Waals surface area contributed by atoms with Crippen LogP contribution in [0.25, 0.3) is 30.4 Å². The molecule has 2 aliphatic heterocycles. The number of fused-ring (bicyclic) bond motifs is 9. The Labute approximate surface area is 244 Å². The third-order valence-corrected chi connectivity index (χ3v) is 9.90. The van der Waals surface area contributed by atoms with Crippen LogP contribution >= 0.6 is 0 Å². The van der Waals surface area contributed by atoms with E-state index in [9.17, 15) is 19.8 Å². The predicted molar refractivity (Wildman–Crippen MR) is 165 cm³/mol. The van der Waals surface area contributed by atoms with Gasteiger partial charge in [0, 0.05) is 68.2 Å². The molecule has 1 unspecified atom stereocenters. The molecule has 2 fully saturated rings. The van der Waals surface area contributed by atoms with Crippen LogP contribution < -0.4 is 16.0 Å². The molecule has 42 heavy (non-hydrogen) atoms. The molecule has 3 aromatic rings. The van der Waals surface area contributed by atoms with Crippen molar-refractivity contribution in [3.8, 4) is 0 Å². The van der Waals surface area contributed by atoms with Crippen molar-refractivity contribution in [1.29, 1.82) is 0 Å². The summed E-state index contributed by atoms with van der Waals surface area (Å²) in [5.74, 6) is -2.17. The maximum absolute atomic E-state index is 12.3. The van der Waals surface area contributed by atoms with Crippen LogP contribution in [0.3, 0.4) is 0 Å². The predicted octanol–water partition coefficient (Wildman–Crippen LogP) is 4.50. The second-order valence-corrected chi connectivity index (χ2v) is 12.0. The largest absolute Gasteiger partial charge is 0.481 e. The van der Waals surface area contributed by atoms with E-state index in [-0.39, 0.29) is 12.3 Å². The molecule has 6 N–H and O–H groups in total. The summed E-state index contributed by atoms with van der Waals surface area (Å²) in [6, 6.07) is 0. The Balaban J connectivity index is 1.67. The standard InChI is InChI=1S/C34H38N4O4/c1-7-20-16(3)24-11-25-18(5)22(9-10-32(39)40)30(37-25)14-31-34(15-23(34)33(41)42)19(6)27(38-31)13-29-21(8-2)17(4)26(36-29)12-28(20)35-24/h7,11-14,19,23,35-38H,1,8-10,15H2,2-6H3,(H,39,40)(H,41,42)/b24-11-,27-13-,28-12-,31-14-/t19?,23-,34+/m0/s1. The molecule has 1 spiro atoms. The molecule has 3 atom stereocenters. The van der Waals surface area contributed by atoms with Crippen molar-refractivity contribution >= 4 is 42.3 Å². The lowest BCUT2D eigenvalue weighted by Crippen LogP contribution is -2.16. The topological polar surface area (TPSA) is 134 Å². The number of nitrogens with one attached hydrogen (secondary N) is 4. The van der Waals surface area contributed by atoms with Gasteiger partial charge in [0.05, 0.1) is 5.92 Å². The second kappa shape index (κ2) is 9.82. The van der Waals surface area contributed by atoms with Crippen molar-refractivity contribution in [2.75, 3.05) is 0 Å². The van der Waals surface area contributed by atoms with Crippen LogP contribution in [0.4, 0.5) is 0 Å². The number of carbonyl (C=O) groups is 2. The van der Waals surface area contributed by atoms with Crippen molar-refractivity contribution < 1.29 is 19.8 Å². The van der Waals surface area contributed by atoms with Crippen molar-refractivity contribution in [1.82, 2.24) is 20.3 Å². The molecule has 1 saturated heterocycles. The van der Waals surface area contributed by atoms with Crippen LogP contribution in [0.2, 0.25) is 0 Å². The minimum absolute atomic E-state index is 0.00150. The Bertz CT molecular complexity index is 1860. The van der Waals surface area contributed by atoms with E-state index in [1.54, 1.807) is 0 Å². The zero-order chi connectivity index (χ0) is 30.1. The number of aromatic amines is 3. The molecule has 5 heterocycles. The van der Waals surface area contributed by atoms with Crippen molar-refractivity contribution in [2.45, 2.75) is 60.3 Å². The Hall–Kier alpha value is -4.46. The molecule has 8 bridgehead atoms. The van der Waals surface area contributed by atoms with Crippen LogP contribution in [-0.2, 0) is 22.4 Å². The van der Waals surface area contributed by atoms with E-state index in [1.807, 2.05) is 19.1 Å². The van der Waals surface area contributed by atoms with E-state index in [1.165, 1.54) is 11.1 Å². The monoisotopic (exact) mass is 566 g/mol. The second-order valence-electron chi connectivity index (χ2n) is 12.0. The molecule has 1 saturated carbocycles. The average molecular weight is 567 g/mol. The minimum atomic E-state index is -0.858. The normalized spacial score (nSPS) is 26.2. The number of allylic oxidation sites excluding steroid dienone is 2. The fourth-order valence-corrected chi connectivity index (χ4v) is 7.25. The van der Waals surface area contributed by atoms with Gasteiger partial charge in [-0.05, 0) is 92.2 Å². The number of rotatable bonds is 6. The lowest BCUT2D eigenvalue weighted by molar-refractivity contribution is -0.139. The molecule has 6 rings (SSSR count). The summed E-state index contributed by atoms with van der Waals surface area (Å²) in [6.07, 6.45) is 12.0. The summed E-state index contributed by atoms with van der Waals surface area (Å²) in [5.41, 5.74) is 11.4. The third-order valence-electron chi connectivity index (χ3n) is 9.90. The van der Waals surface area contributed by atoms with Gasteiger partial charge in [-0.3, -0.25) is 9.59 Å². The van der Waals surface area contributed by atoms with Crippen LogP contribution in [0.5, 0.6) is 0 Å². The van der Waals surface area contributed by atoms with E-state index >= 15 is 0 Å². The lowest BCUT2D eigenvalue weighted by Gasteiger charge is -2.15. The summed E-state index contributed by atoms with van der Waals surface area (Å²) >= 11 is 0. The first-order chi connectivity index (χ1) is 20.0. The number of aliphatic carboxylic acids is 2. The molecule has 8 nitrogen and oxygen atoms in total. The Morgan fingerprint density at radius 3 is 2.17 bits per heavy atom. The van der Waals surface area contributed by atoms with Gasteiger partial charge in [0.25, 0.3) is 0 Å². The Morgan fingerprint density at radius 1 is 0.929 bits per heavy atom. The number of H-pyrrole nitrogens is 3. The molecule has 1 aliphatic carbocycles. The van der Waals surface area contributed by atoms with Gasteiger partial charge in [0.1, 0.15) is 0 Å².